The van der Waals surface area contributed by atoms with Crippen molar-refractivity contribution in [2.24, 2.45) is 0 Å². The molecule has 5 heteroatoms. The van der Waals surface area contributed by atoms with Crippen LogP contribution >= 0.6 is 12.4 Å². The largest absolute Gasteiger partial charge is 0.497 e. The predicted octanol–water partition coefficient (Wildman–Crippen LogP) is 1.41. The molecule has 0 bridgehead atoms. The Hall–Kier alpha value is -1.26. The summed E-state index contributed by atoms with van der Waals surface area (Å²) in [5.41, 5.74) is 0.623. The third-order valence-electron chi connectivity index (χ3n) is 2.18. The van der Waals surface area contributed by atoms with Gasteiger partial charge in [-0.1, -0.05) is 6.07 Å². The molecule has 0 spiro atoms. The molecule has 0 aromatic heterocycles. The van der Waals surface area contributed by atoms with Crippen LogP contribution in [0, 0.1) is 0 Å². The highest BCUT2D eigenvalue weighted by molar-refractivity contribution is 5.94. The van der Waals surface area contributed by atoms with Crippen molar-refractivity contribution in [1.29, 1.82) is 0 Å². The molecule has 1 N–H and O–H groups in total. The van der Waals surface area contributed by atoms with Crippen LogP contribution in [0.1, 0.15) is 10.4 Å². The number of carbonyl (C=O) groups is 1. The van der Waals surface area contributed by atoms with E-state index in [9.17, 15) is 4.79 Å². The highest BCUT2D eigenvalue weighted by atomic mass is 35.5. The van der Waals surface area contributed by atoms with E-state index in [4.69, 9.17) is 4.74 Å². The minimum atomic E-state index is -0.0687. The molecule has 0 aliphatic heterocycles. The van der Waals surface area contributed by atoms with E-state index in [1.807, 2.05) is 25.1 Å². The summed E-state index contributed by atoms with van der Waals surface area (Å²) in [7, 11) is 5.53. The second kappa shape index (κ2) is 7.92. The number of hydrogen-bond acceptors (Lipinski definition) is 3. The highest BCUT2D eigenvalue weighted by Gasteiger charge is 2.05. The van der Waals surface area contributed by atoms with Gasteiger partial charge in [0, 0.05) is 18.7 Å². The Kier molecular flexibility index (Phi) is 7.34. The molecular formula is C12H19ClN2O2. The molecule has 0 aliphatic carbocycles. The number of rotatable bonds is 5. The Balaban J connectivity index is 0.00000256. The van der Waals surface area contributed by atoms with Crippen molar-refractivity contribution in [2.75, 3.05) is 34.3 Å². The van der Waals surface area contributed by atoms with Gasteiger partial charge in [-0.2, -0.15) is 0 Å². The monoisotopic (exact) mass is 258 g/mol. The molecule has 0 heterocycles. The SMILES string of the molecule is COc1cccc(C(=O)NCCN(C)C)c1.Cl. The zero-order valence-electron chi connectivity index (χ0n) is 10.4. The van der Waals surface area contributed by atoms with E-state index in [1.165, 1.54) is 0 Å². The third-order valence-corrected chi connectivity index (χ3v) is 2.18. The summed E-state index contributed by atoms with van der Waals surface area (Å²) >= 11 is 0. The first-order valence-electron chi connectivity index (χ1n) is 5.20. The average molecular weight is 259 g/mol. The van der Waals surface area contributed by atoms with Crippen molar-refractivity contribution in [1.82, 2.24) is 10.2 Å². The Morgan fingerprint density at radius 1 is 1.41 bits per heavy atom. The van der Waals surface area contributed by atoms with E-state index < -0.39 is 0 Å². The highest BCUT2D eigenvalue weighted by Crippen LogP contribution is 2.11. The third kappa shape index (κ3) is 5.56. The van der Waals surface area contributed by atoms with E-state index in [-0.39, 0.29) is 18.3 Å². The maximum absolute atomic E-state index is 11.7. The number of likely N-dealkylation sites (N-methyl/N-ethyl adjacent to an activating group) is 1. The Bertz CT molecular complexity index is 356. The Morgan fingerprint density at radius 3 is 2.71 bits per heavy atom. The van der Waals surface area contributed by atoms with Gasteiger partial charge in [-0.15, -0.1) is 12.4 Å². The molecule has 1 rings (SSSR count). The van der Waals surface area contributed by atoms with E-state index in [2.05, 4.69) is 5.32 Å². The number of ether oxygens (including phenoxy) is 1. The van der Waals surface area contributed by atoms with Crippen molar-refractivity contribution in [3.05, 3.63) is 29.8 Å². The van der Waals surface area contributed by atoms with Gasteiger partial charge in [-0.3, -0.25) is 4.79 Å². The van der Waals surface area contributed by atoms with Crippen LogP contribution in [0.2, 0.25) is 0 Å². The van der Waals surface area contributed by atoms with Crippen molar-refractivity contribution < 1.29 is 9.53 Å². The molecular weight excluding hydrogens is 240 g/mol. The van der Waals surface area contributed by atoms with Gasteiger partial charge in [0.25, 0.3) is 5.91 Å². The number of nitrogens with one attached hydrogen (secondary N) is 1. The Morgan fingerprint density at radius 2 is 2.12 bits per heavy atom. The van der Waals surface area contributed by atoms with Crippen LogP contribution in [-0.2, 0) is 0 Å². The van der Waals surface area contributed by atoms with Gasteiger partial charge in [-0.25, -0.2) is 0 Å². The molecule has 0 radical (unpaired) electrons. The van der Waals surface area contributed by atoms with Gasteiger partial charge in [0.1, 0.15) is 5.75 Å². The minimum Gasteiger partial charge on any atom is -0.497 e. The molecule has 0 fully saturated rings. The number of halogens is 1. The smallest absolute Gasteiger partial charge is 0.251 e. The second-order valence-electron chi connectivity index (χ2n) is 3.79. The molecule has 0 saturated carbocycles. The maximum atomic E-state index is 11.7. The fourth-order valence-electron chi connectivity index (χ4n) is 1.26. The van der Waals surface area contributed by atoms with Crippen molar-refractivity contribution in [3.8, 4) is 5.75 Å². The first-order valence-corrected chi connectivity index (χ1v) is 5.20. The van der Waals surface area contributed by atoms with Crippen LogP contribution in [0.25, 0.3) is 0 Å². The van der Waals surface area contributed by atoms with E-state index in [0.717, 1.165) is 6.54 Å². The summed E-state index contributed by atoms with van der Waals surface area (Å²) in [4.78, 5) is 13.7. The molecule has 0 unspecified atom stereocenters. The average Bonchev–Trinajstić information content (AvgIpc) is 2.28. The summed E-state index contributed by atoms with van der Waals surface area (Å²) in [6, 6.07) is 7.12. The topological polar surface area (TPSA) is 41.6 Å². The van der Waals surface area contributed by atoms with Crippen LogP contribution in [0.5, 0.6) is 5.75 Å². The van der Waals surface area contributed by atoms with Crippen LogP contribution in [0.4, 0.5) is 0 Å². The number of amides is 1. The van der Waals surface area contributed by atoms with Gasteiger partial charge in [-0.05, 0) is 32.3 Å². The van der Waals surface area contributed by atoms with E-state index >= 15 is 0 Å². The standard InChI is InChI=1S/C12H18N2O2.ClH/c1-14(2)8-7-13-12(15)10-5-4-6-11(9-10)16-3;/h4-6,9H,7-8H2,1-3H3,(H,13,15);1H. The molecule has 0 aliphatic rings. The fraction of sp³-hybridized carbons (Fsp3) is 0.417. The molecule has 0 atom stereocenters. The van der Waals surface area contributed by atoms with E-state index in [0.29, 0.717) is 17.9 Å². The lowest BCUT2D eigenvalue weighted by molar-refractivity contribution is 0.0950. The number of methoxy groups -OCH3 is 1. The summed E-state index contributed by atoms with van der Waals surface area (Å²) in [5, 5.41) is 2.85. The lowest BCUT2D eigenvalue weighted by atomic mass is 10.2. The number of carbonyl (C=O) groups excluding carboxylic acids is 1. The zero-order chi connectivity index (χ0) is 12.0. The zero-order valence-corrected chi connectivity index (χ0v) is 11.2. The minimum absolute atomic E-state index is 0. The van der Waals surface area contributed by atoms with Crippen LogP contribution in [0.15, 0.2) is 24.3 Å². The lowest BCUT2D eigenvalue weighted by Crippen LogP contribution is -2.31. The maximum Gasteiger partial charge on any atom is 0.251 e. The van der Waals surface area contributed by atoms with Crippen LogP contribution in [0.3, 0.4) is 0 Å². The van der Waals surface area contributed by atoms with E-state index in [1.54, 1.807) is 25.3 Å². The van der Waals surface area contributed by atoms with Gasteiger partial charge >= 0.3 is 0 Å². The van der Waals surface area contributed by atoms with Crippen LogP contribution in [-0.4, -0.2) is 45.1 Å². The Labute approximate surface area is 108 Å². The van der Waals surface area contributed by atoms with Gasteiger partial charge in [0.05, 0.1) is 7.11 Å². The molecule has 0 saturated heterocycles. The fourth-order valence-corrected chi connectivity index (χ4v) is 1.26. The first kappa shape index (κ1) is 15.7. The summed E-state index contributed by atoms with van der Waals surface area (Å²) < 4.78 is 5.06. The predicted molar refractivity (Wildman–Crippen MR) is 71.1 cm³/mol. The first-order chi connectivity index (χ1) is 7.63. The van der Waals surface area contributed by atoms with Crippen LogP contribution < -0.4 is 10.1 Å². The van der Waals surface area contributed by atoms with Gasteiger partial charge < -0.3 is 15.0 Å². The summed E-state index contributed by atoms with van der Waals surface area (Å²) in [5.74, 6) is 0.626. The normalized spacial score (nSPS) is 9.65. The van der Waals surface area contributed by atoms with Crippen molar-refractivity contribution >= 4 is 18.3 Å². The van der Waals surface area contributed by atoms with Crippen molar-refractivity contribution in [3.63, 3.8) is 0 Å². The number of nitrogens with zero attached hydrogens (tertiary/aromatic N) is 1. The lowest BCUT2D eigenvalue weighted by Gasteiger charge is -2.10. The molecule has 17 heavy (non-hydrogen) atoms. The molecule has 1 aromatic carbocycles. The second-order valence-corrected chi connectivity index (χ2v) is 3.79. The number of hydrogen-bond donors (Lipinski definition) is 1. The summed E-state index contributed by atoms with van der Waals surface area (Å²) in [6.45, 7) is 1.47. The molecule has 1 amide bonds. The van der Waals surface area contributed by atoms with Crippen molar-refractivity contribution in [2.45, 2.75) is 0 Å². The molecule has 1 aromatic rings. The number of benzene rings is 1. The summed E-state index contributed by atoms with van der Waals surface area (Å²) in [6.07, 6.45) is 0. The molecule has 96 valence electrons. The molecule has 4 nitrogen and oxygen atoms in total. The quantitative estimate of drug-likeness (QED) is 0.868. The van der Waals surface area contributed by atoms with Gasteiger partial charge in [0.15, 0.2) is 0 Å². The van der Waals surface area contributed by atoms with Gasteiger partial charge in [0.2, 0.25) is 0 Å².